The largest absolute Gasteiger partial charge is 0.487 e. The predicted octanol–water partition coefficient (Wildman–Crippen LogP) is 3.96. The molecule has 2 aromatic heterocycles. The Hall–Kier alpha value is -3.83. The molecule has 0 saturated carbocycles. The zero-order valence-corrected chi connectivity index (χ0v) is 16.6. The normalized spacial score (nSPS) is 13.2. The number of aromatic nitrogens is 2. The number of ether oxygens (including phenoxy) is 1. The van der Waals surface area contributed by atoms with E-state index in [1.54, 1.807) is 0 Å². The highest BCUT2D eigenvalue weighted by Gasteiger charge is 2.19. The topological polar surface area (TPSA) is 64.0 Å². The third-order valence-corrected chi connectivity index (χ3v) is 5.16. The average Bonchev–Trinajstić information content (AvgIpc) is 3.26. The van der Waals surface area contributed by atoms with Gasteiger partial charge in [0.2, 0.25) is 0 Å². The molecule has 1 aliphatic rings. The molecular formula is C25H21N4O+. The van der Waals surface area contributed by atoms with E-state index in [2.05, 4.69) is 57.5 Å². The quantitative estimate of drug-likeness (QED) is 0.522. The van der Waals surface area contributed by atoms with Crippen molar-refractivity contribution in [1.82, 2.24) is 9.97 Å². The number of quaternary nitrogens is 1. The lowest BCUT2D eigenvalue weighted by atomic mass is 10.0. The Morgan fingerprint density at radius 3 is 2.60 bits per heavy atom. The van der Waals surface area contributed by atoms with E-state index < -0.39 is 0 Å². The second-order valence-electron chi connectivity index (χ2n) is 7.18. The molecule has 2 N–H and O–H groups in total. The van der Waals surface area contributed by atoms with Crippen LogP contribution >= 0.6 is 0 Å². The molecule has 3 heterocycles. The monoisotopic (exact) mass is 393 g/mol. The number of hydrogen-bond donors (Lipinski definition) is 1. The highest BCUT2D eigenvalue weighted by atomic mass is 16.5. The Bertz CT molecular complexity index is 1270. The van der Waals surface area contributed by atoms with Gasteiger partial charge in [0, 0.05) is 29.0 Å². The summed E-state index contributed by atoms with van der Waals surface area (Å²) in [5.74, 6) is 0.812. The molecule has 5 heteroatoms. The summed E-state index contributed by atoms with van der Waals surface area (Å²) < 4.78 is 6.03. The minimum absolute atomic E-state index is 0.416. The Morgan fingerprint density at radius 1 is 0.867 bits per heavy atom. The molecule has 0 unspecified atom stereocenters. The number of hydrogen-bond acceptors (Lipinski definition) is 4. The van der Waals surface area contributed by atoms with Gasteiger partial charge in [0.05, 0.1) is 11.1 Å². The maximum Gasteiger partial charge on any atom is 0.147 e. The van der Waals surface area contributed by atoms with Crippen molar-refractivity contribution in [1.29, 1.82) is 0 Å². The van der Waals surface area contributed by atoms with Gasteiger partial charge in [-0.2, -0.15) is 5.43 Å². The van der Waals surface area contributed by atoms with Crippen LogP contribution in [0, 0.1) is 6.92 Å². The molecule has 0 bridgehead atoms. The van der Waals surface area contributed by atoms with E-state index in [9.17, 15) is 0 Å². The smallest absolute Gasteiger partial charge is 0.147 e. The molecular weight excluding hydrogens is 372 g/mol. The Balaban J connectivity index is 1.32. The molecule has 0 spiro atoms. The maximum absolute atomic E-state index is 6.03. The van der Waals surface area contributed by atoms with Crippen LogP contribution in [0.5, 0.6) is 5.75 Å². The van der Waals surface area contributed by atoms with E-state index in [4.69, 9.17) is 4.74 Å². The van der Waals surface area contributed by atoms with Crippen molar-refractivity contribution in [3.63, 3.8) is 0 Å². The van der Waals surface area contributed by atoms with E-state index in [-0.39, 0.29) is 0 Å². The van der Waals surface area contributed by atoms with Crippen molar-refractivity contribution in [3.05, 3.63) is 96.6 Å². The summed E-state index contributed by atoms with van der Waals surface area (Å²) in [6, 6.07) is 22.5. The maximum atomic E-state index is 6.03. The van der Waals surface area contributed by atoms with Gasteiger partial charge in [-0.25, -0.2) is 0 Å². The fourth-order valence-electron chi connectivity index (χ4n) is 3.68. The molecule has 30 heavy (non-hydrogen) atoms. The van der Waals surface area contributed by atoms with Gasteiger partial charge < -0.3 is 4.74 Å². The first-order chi connectivity index (χ1) is 14.8. The Morgan fingerprint density at radius 2 is 1.73 bits per heavy atom. The molecule has 0 fully saturated rings. The van der Waals surface area contributed by atoms with Crippen LogP contribution in [-0.2, 0) is 0 Å². The number of aryl methyl sites for hydroxylation is 1. The fraction of sp³-hybridized carbons (Fsp3) is 0.0800. The van der Waals surface area contributed by atoms with Gasteiger partial charge in [-0.15, -0.1) is 0 Å². The van der Waals surface area contributed by atoms with Gasteiger partial charge in [-0.1, -0.05) is 41.5 Å². The van der Waals surface area contributed by atoms with Crippen molar-refractivity contribution in [2.24, 2.45) is 5.10 Å². The number of nitrogens with zero attached hydrogens (tertiary/aromatic N) is 3. The zero-order chi connectivity index (χ0) is 20.3. The standard InChI is InChI=1S/C25H20N4O/c1-17-14-20(11-13-26-17)23-15-28-29-24(23)16-30-21-9-7-18(8-10-21)22-6-2-4-19-5-3-12-27-25(19)22/h2-15H,16H2,1H3,(H,28,29)/p+1. The molecule has 0 amide bonds. The second-order valence-corrected chi connectivity index (χ2v) is 7.18. The lowest BCUT2D eigenvalue weighted by Crippen LogP contribution is -2.69. The minimum atomic E-state index is 0.416. The molecule has 0 atom stereocenters. The third kappa shape index (κ3) is 3.58. The van der Waals surface area contributed by atoms with Crippen LogP contribution in [0.1, 0.15) is 11.3 Å². The lowest BCUT2D eigenvalue weighted by Gasteiger charge is -2.10. The van der Waals surface area contributed by atoms with E-state index >= 15 is 0 Å². The SMILES string of the molecule is Cc1cc(C2=C[NH2+]N=C2COc2ccc(-c3cccc4cccnc34)cc2)ccn1. The summed E-state index contributed by atoms with van der Waals surface area (Å²) >= 11 is 0. The molecule has 2 aromatic carbocycles. The van der Waals surface area contributed by atoms with Gasteiger partial charge in [0.25, 0.3) is 0 Å². The first kappa shape index (κ1) is 18.2. The number of para-hydroxylation sites is 1. The van der Waals surface area contributed by atoms with Crippen LogP contribution in [0.15, 0.2) is 90.4 Å². The average molecular weight is 393 g/mol. The summed E-state index contributed by atoms with van der Waals surface area (Å²) in [4.78, 5) is 8.82. The number of fused-ring (bicyclic) bond motifs is 1. The van der Waals surface area contributed by atoms with Crippen molar-refractivity contribution < 1.29 is 10.2 Å². The molecule has 5 rings (SSSR count). The molecule has 5 nitrogen and oxygen atoms in total. The minimum Gasteiger partial charge on any atom is -0.487 e. The summed E-state index contributed by atoms with van der Waals surface area (Å²) in [5.41, 5.74) is 9.16. The van der Waals surface area contributed by atoms with Gasteiger partial charge in [0.15, 0.2) is 0 Å². The van der Waals surface area contributed by atoms with Gasteiger partial charge in [-0.05, 0) is 48.4 Å². The van der Waals surface area contributed by atoms with Gasteiger partial charge in [-0.3, -0.25) is 9.97 Å². The summed E-state index contributed by atoms with van der Waals surface area (Å²) in [6.07, 6.45) is 5.67. The molecule has 4 aromatic rings. The lowest BCUT2D eigenvalue weighted by molar-refractivity contribution is -0.589. The Labute approximate surface area is 174 Å². The Kier molecular flexibility index (Phi) is 4.79. The number of benzene rings is 2. The number of pyridine rings is 2. The fourth-order valence-corrected chi connectivity index (χ4v) is 3.68. The third-order valence-electron chi connectivity index (χ3n) is 5.16. The highest BCUT2D eigenvalue weighted by Crippen LogP contribution is 2.28. The van der Waals surface area contributed by atoms with Crippen LogP contribution in [0.4, 0.5) is 0 Å². The first-order valence-electron chi connectivity index (χ1n) is 9.88. The van der Waals surface area contributed by atoms with Crippen molar-refractivity contribution in [2.45, 2.75) is 6.92 Å². The van der Waals surface area contributed by atoms with Crippen LogP contribution in [0.2, 0.25) is 0 Å². The number of rotatable bonds is 5. The van der Waals surface area contributed by atoms with Crippen molar-refractivity contribution in [2.75, 3.05) is 6.61 Å². The first-order valence-corrected chi connectivity index (χ1v) is 9.88. The van der Waals surface area contributed by atoms with Crippen LogP contribution in [-0.4, -0.2) is 22.3 Å². The molecule has 0 radical (unpaired) electrons. The molecule has 0 aliphatic carbocycles. The second kappa shape index (κ2) is 7.89. The summed E-state index contributed by atoms with van der Waals surface area (Å²) in [6.45, 7) is 2.40. The van der Waals surface area contributed by atoms with E-state index in [1.165, 1.54) is 0 Å². The van der Waals surface area contributed by atoms with E-state index in [0.29, 0.717) is 6.61 Å². The van der Waals surface area contributed by atoms with E-state index in [1.807, 2.05) is 55.2 Å². The van der Waals surface area contributed by atoms with Crippen molar-refractivity contribution >= 4 is 22.2 Å². The summed E-state index contributed by atoms with van der Waals surface area (Å²) in [7, 11) is 0. The zero-order valence-electron chi connectivity index (χ0n) is 16.6. The van der Waals surface area contributed by atoms with Crippen LogP contribution in [0.25, 0.3) is 27.6 Å². The molecule has 146 valence electrons. The highest BCUT2D eigenvalue weighted by molar-refractivity contribution is 6.24. The predicted molar refractivity (Wildman–Crippen MR) is 119 cm³/mol. The van der Waals surface area contributed by atoms with Gasteiger partial charge >= 0.3 is 0 Å². The van der Waals surface area contributed by atoms with Crippen LogP contribution < -0.4 is 10.2 Å². The van der Waals surface area contributed by atoms with Gasteiger partial charge in [0.1, 0.15) is 24.3 Å². The molecule has 0 saturated heterocycles. The van der Waals surface area contributed by atoms with Crippen LogP contribution in [0.3, 0.4) is 0 Å². The van der Waals surface area contributed by atoms with E-state index in [0.717, 1.165) is 50.3 Å². The van der Waals surface area contributed by atoms with Crippen molar-refractivity contribution in [3.8, 4) is 16.9 Å². The summed E-state index contributed by atoms with van der Waals surface area (Å²) in [5, 5.41) is 5.62. The molecule has 1 aliphatic heterocycles. The number of nitrogens with two attached hydrogens (primary N) is 1.